The highest BCUT2D eigenvalue weighted by Crippen LogP contribution is 2.39. The highest BCUT2D eigenvalue weighted by Gasteiger charge is 2.52. The van der Waals surface area contributed by atoms with Gasteiger partial charge in [-0.15, -0.1) is 0 Å². The molecule has 2 rings (SSSR count). The lowest BCUT2D eigenvalue weighted by Crippen LogP contribution is -2.41. The zero-order valence-electron chi connectivity index (χ0n) is 14.3. The van der Waals surface area contributed by atoms with Crippen LogP contribution in [0.25, 0.3) is 6.08 Å². The molecule has 0 saturated carbocycles. The largest absolute Gasteiger partial charge is 0.507 e. The monoisotopic (exact) mass is 334 g/mol. The zero-order valence-corrected chi connectivity index (χ0v) is 15.1. The van der Waals surface area contributed by atoms with Crippen LogP contribution >= 0.6 is 11.8 Å². The zero-order chi connectivity index (χ0) is 17.3. The fourth-order valence-corrected chi connectivity index (χ4v) is 2.76. The number of rotatable bonds is 4. The Labute approximate surface area is 142 Å². The van der Waals surface area contributed by atoms with Gasteiger partial charge in [0.25, 0.3) is 0 Å². The molecule has 6 heteroatoms. The van der Waals surface area contributed by atoms with Gasteiger partial charge < -0.3 is 14.4 Å². The van der Waals surface area contributed by atoms with Crippen LogP contribution in [0.1, 0.15) is 40.2 Å². The minimum Gasteiger partial charge on any atom is -0.507 e. The Hall–Kier alpha value is -1.24. The fourth-order valence-electron chi connectivity index (χ4n) is 2.17. The Morgan fingerprint density at radius 3 is 2.30 bits per heavy atom. The van der Waals surface area contributed by atoms with Gasteiger partial charge in [-0.05, 0) is 39.2 Å². The molecule has 0 radical (unpaired) electrons. The van der Waals surface area contributed by atoms with Crippen molar-refractivity contribution in [3.63, 3.8) is 0 Å². The van der Waals surface area contributed by atoms with Crippen molar-refractivity contribution < 1.29 is 19.2 Å². The molecule has 1 aliphatic heterocycles. The molecule has 0 aromatic heterocycles. The number of thioether (sulfide) groups is 1. The summed E-state index contributed by atoms with van der Waals surface area (Å²) in [6.45, 7) is 9.49. The molecule has 0 atom stereocenters. The topological polar surface area (TPSA) is 55.8 Å². The quantitative estimate of drug-likeness (QED) is 0.851. The molecule has 1 saturated heterocycles. The first-order valence-electron chi connectivity index (χ1n) is 7.60. The van der Waals surface area contributed by atoms with Crippen molar-refractivity contribution in [2.45, 2.75) is 45.8 Å². The molecular weight excluding hydrogens is 311 g/mol. The highest BCUT2D eigenvalue weighted by atomic mass is 32.2. The van der Waals surface area contributed by atoms with Gasteiger partial charge >= 0.3 is 7.12 Å². The van der Waals surface area contributed by atoms with E-state index in [4.69, 9.17) is 9.31 Å². The number of aromatic hydroxyl groups is 1. The average Bonchev–Trinajstić information content (AvgIpc) is 2.65. The van der Waals surface area contributed by atoms with E-state index in [1.807, 2.05) is 45.9 Å². The van der Waals surface area contributed by atoms with Crippen LogP contribution in [0.15, 0.2) is 29.7 Å². The van der Waals surface area contributed by atoms with Gasteiger partial charge in [0.1, 0.15) is 5.75 Å². The number of carbonyl (C=O) groups is 1. The molecule has 1 aliphatic rings. The number of carbonyl (C=O) groups excluding carboxylic acids is 1. The second-order valence-electron chi connectivity index (χ2n) is 6.65. The maximum Gasteiger partial charge on any atom is 0.491 e. The Kier molecular flexibility index (Phi) is 5.28. The third-order valence-electron chi connectivity index (χ3n) is 4.28. The van der Waals surface area contributed by atoms with Crippen LogP contribution in [0.2, 0.25) is 0 Å². The summed E-state index contributed by atoms with van der Waals surface area (Å²) in [6, 6.07) is 7.07. The van der Waals surface area contributed by atoms with Gasteiger partial charge in [-0.2, -0.15) is 0 Å². The first-order chi connectivity index (χ1) is 10.6. The van der Waals surface area contributed by atoms with Crippen LogP contribution in [0.4, 0.5) is 0 Å². The van der Waals surface area contributed by atoms with Gasteiger partial charge in [-0.25, -0.2) is 0 Å². The lowest BCUT2D eigenvalue weighted by molar-refractivity contribution is -0.109. The Balaban J connectivity index is 2.32. The SMILES string of the molecule is CC(=O)SCC(=Cc1ccccc1O)B1OC(C)(C)C(C)(C)O1. The van der Waals surface area contributed by atoms with Crippen LogP contribution in [0, 0.1) is 0 Å². The van der Waals surface area contributed by atoms with Gasteiger partial charge in [-0.1, -0.05) is 36.0 Å². The van der Waals surface area contributed by atoms with Crippen molar-refractivity contribution in [3.05, 3.63) is 35.3 Å². The van der Waals surface area contributed by atoms with E-state index >= 15 is 0 Å². The minimum atomic E-state index is -0.536. The van der Waals surface area contributed by atoms with Gasteiger partial charge in [0, 0.05) is 18.2 Å². The summed E-state index contributed by atoms with van der Waals surface area (Å²) >= 11 is 1.20. The molecule has 1 aromatic carbocycles. The van der Waals surface area contributed by atoms with Crippen molar-refractivity contribution in [3.8, 4) is 5.75 Å². The van der Waals surface area contributed by atoms with E-state index in [9.17, 15) is 9.90 Å². The first-order valence-corrected chi connectivity index (χ1v) is 8.58. The molecule has 23 heavy (non-hydrogen) atoms. The summed E-state index contributed by atoms with van der Waals surface area (Å²) in [5.41, 5.74) is 0.610. The number of para-hydroxylation sites is 1. The van der Waals surface area contributed by atoms with E-state index in [2.05, 4.69) is 0 Å². The summed E-state index contributed by atoms with van der Waals surface area (Å²) in [7, 11) is -0.536. The molecule has 0 bridgehead atoms. The highest BCUT2D eigenvalue weighted by molar-refractivity contribution is 8.13. The summed E-state index contributed by atoms with van der Waals surface area (Å²) in [5.74, 6) is 0.648. The van der Waals surface area contributed by atoms with Crippen molar-refractivity contribution in [2.75, 3.05) is 5.75 Å². The Morgan fingerprint density at radius 2 is 1.78 bits per heavy atom. The van der Waals surface area contributed by atoms with Crippen LogP contribution in [-0.4, -0.2) is 34.3 Å². The normalized spacial score (nSPS) is 19.9. The molecule has 1 fully saturated rings. The molecule has 4 nitrogen and oxygen atoms in total. The van der Waals surface area contributed by atoms with Crippen LogP contribution < -0.4 is 0 Å². The molecule has 124 valence electrons. The second kappa shape index (κ2) is 6.71. The molecule has 1 heterocycles. The molecule has 0 amide bonds. The standard InChI is InChI=1S/C17H23BO4S/c1-12(19)23-11-14(10-13-8-6-7-9-15(13)20)18-21-16(2,3)17(4,5)22-18/h6-10,20H,11H2,1-5H3. The minimum absolute atomic E-state index is 0.0321. The van der Waals surface area contributed by atoms with Crippen molar-refractivity contribution in [2.24, 2.45) is 0 Å². The molecule has 0 unspecified atom stereocenters. The summed E-state index contributed by atoms with van der Waals surface area (Å²) in [5, 5.41) is 10.0. The predicted molar refractivity (Wildman–Crippen MR) is 95.3 cm³/mol. The number of phenolic OH excluding ortho intramolecular Hbond substituents is 1. The third kappa shape index (κ3) is 4.19. The van der Waals surface area contributed by atoms with E-state index in [-0.39, 0.29) is 10.9 Å². The van der Waals surface area contributed by atoms with E-state index in [1.165, 1.54) is 18.7 Å². The molecule has 1 N–H and O–H groups in total. The Morgan fingerprint density at radius 1 is 1.22 bits per heavy atom. The van der Waals surface area contributed by atoms with Crippen molar-refractivity contribution in [1.29, 1.82) is 0 Å². The molecule has 0 aliphatic carbocycles. The van der Waals surface area contributed by atoms with Crippen molar-refractivity contribution in [1.82, 2.24) is 0 Å². The van der Waals surface area contributed by atoms with Crippen LogP contribution in [0.5, 0.6) is 5.75 Å². The number of hydrogen-bond acceptors (Lipinski definition) is 5. The van der Waals surface area contributed by atoms with E-state index < -0.39 is 18.3 Å². The fraction of sp³-hybridized carbons (Fsp3) is 0.471. The van der Waals surface area contributed by atoms with Gasteiger partial charge in [0.2, 0.25) is 0 Å². The second-order valence-corrected chi connectivity index (χ2v) is 7.80. The van der Waals surface area contributed by atoms with Gasteiger partial charge in [0.05, 0.1) is 11.2 Å². The average molecular weight is 334 g/mol. The van der Waals surface area contributed by atoms with Gasteiger partial charge in [0.15, 0.2) is 5.12 Å². The van der Waals surface area contributed by atoms with Crippen molar-refractivity contribution >= 4 is 30.1 Å². The lowest BCUT2D eigenvalue weighted by Gasteiger charge is -2.32. The molecular formula is C17H23BO4S. The maximum absolute atomic E-state index is 11.3. The van der Waals surface area contributed by atoms with Gasteiger partial charge in [-0.3, -0.25) is 4.79 Å². The number of phenols is 1. The maximum atomic E-state index is 11.3. The predicted octanol–water partition coefficient (Wildman–Crippen LogP) is 3.69. The summed E-state index contributed by atoms with van der Waals surface area (Å²) in [6.07, 6.45) is 1.84. The number of benzene rings is 1. The third-order valence-corrected chi connectivity index (χ3v) is 5.16. The van der Waals surface area contributed by atoms with E-state index in [1.54, 1.807) is 12.1 Å². The summed E-state index contributed by atoms with van der Waals surface area (Å²) < 4.78 is 12.1. The first kappa shape index (κ1) is 18.1. The lowest BCUT2D eigenvalue weighted by atomic mass is 9.78. The Bertz CT molecular complexity index is 609. The van der Waals surface area contributed by atoms with E-state index in [0.717, 1.165) is 5.47 Å². The molecule has 1 aromatic rings. The smallest absolute Gasteiger partial charge is 0.491 e. The molecule has 0 spiro atoms. The summed E-state index contributed by atoms with van der Waals surface area (Å²) in [4.78, 5) is 11.3. The van der Waals surface area contributed by atoms with E-state index in [0.29, 0.717) is 11.3 Å². The van der Waals surface area contributed by atoms with Crippen LogP contribution in [0.3, 0.4) is 0 Å². The van der Waals surface area contributed by atoms with Crippen LogP contribution in [-0.2, 0) is 14.1 Å². The number of hydrogen-bond donors (Lipinski definition) is 1.